The fourth-order valence-corrected chi connectivity index (χ4v) is 3.61. The molecule has 1 fully saturated rings. The van der Waals surface area contributed by atoms with E-state index in [-0.39, 0.29) is 47.0 Å². The minimum atomic E-state index is -1.21. The lowest BCUT2D eigenvalue weighted by atomic mass is 9.94. The van der Waals surface area contributed by atoms with Crippen LogP contribution in [-0.2, 0) is 14.3 Å². The fraction of sp³-hybridized carbons (Fsp3) is 0.500. The molecule has 0 unspecified atom stereocenters. The lowest BCUT2D eigenvalue weighted by molar-refractivity contribution is -0.159. The average Bonchev–Trinajstić information content (AvgIpc) is 2.63. The van der Waals surface area contributed by atoms with Gasteiger partial charge in [-0.3, -0.25) is 4.79 Å². The Morgan fingerprint density at radius 1 is 1.21 bits per heavy atom. The second-order valence-corrected chi connectivity index (χ2v) is 6.92. The number of phenols is 1. The summed E-state index contributed by atoms with van der Waals surface area (Å²) in [6.07, 6.45) is 0.910. The van der Waals surface area contributed by atoms with Gasteiger partial charge in [-0.2, -0.15) is 0 Å². The molecule has 2 aliphatic heterocycles. The van der Waals surface area contributed by atoms with E-state index >= 15 is 0 Å². The second-order valence-electron chi connectivity index (χ2n) is 6.92. The molecule has 1 aromatic rings. The standard InChI is InChI=1S/C20H24O8/c1-10-7-11-8-14(22)18(23)15(28-11)6-4-5-12-17(20(24)27-10)13(21)9-16(25-2)19(12)26-3/h4-5,9-11,15,18,21,23H,6-8H2,1-3H3/b5-4+/t10-,11-,15-,18+/m0/s1. The van der Waals surface area contributed by atoms with E-state index in [9.17, 15) is 19.8 Å². The van der Waals surface area contributed by atoms with E-state index in [2.05, 4.69) is 0 Å². The largest absolute Gasteiger partial charge is 0.507 e. The Kier molecular flexibility index (Phi) is 5.90. The number of methoxy groups -OCH3 is 2. The van der Waals surface area contributed by atoms with Crippen molar-refractivity contribution in [1.82, 2.24) is 0 Å². The van der Waals surface area contributed by atoms with E-state index in [4.69, 9.17) is 18.9 Å². The molecule has 2 bridgehead atoms. The monoisotopic (exact) mass is 392 g/mol. The second kappa shape index (κ2) is 8.20. The number of hydrogen-bond donors (Lipinski definition) is 2. The Morgan fingerprint density at radius 2 is 1.96 bits per heavy atom. The molecule has 2 N–H and O–H groups in total. The molecule has 0 amide bonds. The summed E-state index contributed by atoms with van der Waals surface area (Å²) in [5.74, 6) is -0.793. The molecule has 152 valence electrons. The zero-order chi connectivity index (χ0) is 20.4. The molecule has 2 aliphatic rings. The summed E-state index contributed by atoms with van der Waals surface area (Å²) in [5.41, 5.74) is 0.245. The highest BCUT2D eigenvalue weighted by Crippen LogP contribution is 2.41. The first-order chi connectivity index (χ1) is 13.3. The number of carbonyl (C=O) groups excluding carboxylic acids is 2. The van der Waals surface area contributed by atoms with Crippen LogP contribution in [0.15, 0.2) is 12.1 Å². The van der Waals surface area contributed by atoms with Gasteiger partial charge in [0.25, 0.3) is 0 Å². The van der Waals surface area contributed by atoms with Crippen LogP contribution in [0.1, 0.15) is 42.1 Å². The summed E-state index contributed by atoms with van der Waals surface area (Å²) in [6.45, 7) is 1.69. The van der Waals surface area contributed by atoms with Crippen LogP contribution in [0, 0.1) is 0 Å². The smallest absolute Gasteiger partial charge is 0.342 e. The van der Waals surface area contributed by atoms with Crippen molar-refractivity contribution in [3.63, 3.8) is 0 Å². The highest BCUT2D eigenvalue weighted by molar-refractivity contribution is 5.98. The van der Waals surface area contributed by atoms with Crippen molar-refractivity contribution < 1.29 is 38.7 Å². The number of aliphatic hydroxyl groups is 1. The maximum Gasteiger partial charge on any atom is 0.342 e. The Morgan fingerprint density at radius 3 is 2.64 bits per heavy atom. The number of ether oxygens (including phenoxy) is 4. The molecular formula is C20H24O8. The molecule has 0 spiro atoms. The molecule has 1 saturated heterocycles. The van der Waals surface area contributed by atoms with Crippen molar-refractivity contribution >= 4 is 17.8 Å². The number of cyclic esters (lactones) is 1. The first-order valence-corrected chi connectivity index (χ1v) is 9.07. The maximum atomic E-state index is 12.7. The van der Waals surface area contributed by atoms with Gasteiger partial charge >= 0.3 is 5.97 Å². The van der Waals surface area contributed by atoms with E-state index < -0.39 is 30.4 Å². The summed E-state index contributed by atoms with van der Waals surface area (Å²) in [4.78, 5) is 24.8. The number of esters is 1. The molecule has 4 atom stereocenters. The summed E-state index contributed by atoms with van der Waals surface area (Å²) in [6, 6.07) is 1.30. The molecule has 0 radical (unpaired) electrons. The number of hydrogen-bond acceptors (Lipinski definition) is 8. The fourth-order valence-electron chi connectivity index (χ4n) is 3.61. The van der Waals surface area contributed by atoms with Crippen LogP contribution in [0.5, 0.6) is 17.2 Å². The Balaban J connectivity index is 2.09. The SMILES string of the molecule is COc1cc(O)c2c(c1OC)/C=C/C[C@@H]1O[C@H](CC(=O)[C@H]1O)C[C@H](C)OC2=O. The van der Waals surface area contributed by atoms with Crippen molar-refractivity contribution in [1.29, 1.82) is 0 Å². The predicted molar refractivity (Wildman–Crippen MR) is 98.6 cm³/mol. The number of rotatable bonds is 2. The van der Waals surface area contributed by atoms with Gasteiger partial charge in [0.2, 0.25) is 0 Å². The molecule has 3 rings (SSSR count). The van der Waals surface area contributed by atoms with Crippen LogP contribution in [-0.4, -0.2) is 60.6 Å². The van der Waals surface area contributed by atoms with Gasteiger partial charge in [-0.05, 0) is 13.3 Å². The highest BCUT2D eigenvalue weighted by atomic mass is 16.6. The lowest BCUT2D eigenvalue weighted by Gasteiger charge is -2.33. The average molecular weight is 392 g/mol. The van der Waals surface area contributed by atoms with Gasteiger partial charge in [-0.25, -0.2) is 4.79 Å². The summed E-state index contributed by atoms with van der Waals surface area (Å²) >= 11 is 0. The van der Waals surface area contributed by atoms with E-state index in [1.807, 2.05) is 0 Å². The molecule has 8 nitrogen and oxygen atoms in total. The van der Waals surface area contributed by atoms with Gasteiger partial charge in [0.1, 0.15) is 23.5 Å². The molecule has 0 saturated carbocycles. The van der Waals surface area contributed by atoms with E-state index in [0.717, 1.165) is 0 Å². The van der Waals surface area contributed by atoms with Gasteiger partial charge in [-0.15, -0.1) is 0 Å². The number of benzene rings is 1. The normalized spacial score (nSPS) is 29.0. The molecule has 28 heavy (non-hydrogen) atoms. The zero-order valence-corrected chi connectivity index (χ0v) is 16.0. The predicted octanol–water partition coefficient (Wildman–Crippen LogP) is 1.85. The Bertz CT molecular complexity index is 800. The first-order valence-electron chi connectivity index (χ1n) is 9.07. The van der Waals surface area contributed by atoms with Crippen LogP contribution in [0.4, 0.5) is 0 Å². The lowest BCUT2D eigenvalue weighted by Crippen LogP contribution is -2.46. The van der Waals surface area contributed by atoms with Gasteiger partial charge in [0, 0.05) is 24.5 Å². The summed E-state index contributed by atoms with van der Waals surface area (Å²) < 4.78 is 21.9. The van der Waals surface area contributed by atoms with Gasteiger partial charge < -0.3 is 29.2 Å². The maximum absolute atomic E-state index is 12.7. The Hall–Kier alpha value is -2.58. The zero-order valence-electron chi connectivity index (χ0n) is 16.0. The Labute approximate surface area is 162 Å². The molecule has 0 aliphatic carbocycles. The minimum absolute atomic E-state index is 0.0379. The van der Waals surface area contributed by atoms with Crippen LogP contribution in [0.3, 0.4) is 0 Å². The van der Waals surface area contributed by atoms with E-state index in [0.29, 0.717) is 6.42 Å². The van der Waals surface area contributed by atoms with Crippen molar-refractivity contribution in [3.8, 4) is 17.2 Å². The minimum Gasteiger partial charge on any atom is -0.507 e. The first kappa shape index (κ1) is 20.2. The van der Waals surface area contributed by atoms with E-state index in [1.54, 1.807) is 19.1 Å². The molecular weight excluding hydrogens is 368 g/mol. The highest BCUT2D eigenvalue weighted by Gasteiger charge is 2.37. The molecule has 2 heterocycles. The molecule has 1 aromatic carbocycles. The molecule has 8 heteroatoms. The van der Waals surface area contributed by atoms with Gasteiger partial charge in [0.05, 0.1) is 26.4 Å². The van der Waals surface area contributed by atoms with Gasteiger partial charge in [0.15, 0.2) is 17.3 Å². The summed E-state index contributed by atoms with van der Waals surface area (Å²) in [7, 11) is 2.84. The quantitative estimate of drug-likeness (QED) is 0.734. The number of carbonyl (C=O) groups is 2. The topological polar surface area (TPSA) is 112 Å². The van der Waals surface area contributed by atoms with Gasteiger partial charge in [-0.1, -0.05) is 12.2 Å². The van der Waals surface area contributed by atoms with Crippen molar-refractivity contribution in [2.75, 3.05) is 14.2 Å². The third-order valence-corrected chi connectivity index (χ3v) is 4.92. The molecule has 0 aromatic heterocycles. The van der Waals surface area contributed by atoms with Crippen LogP contribution < -0.4 is 9.47 Å². The number of Topliss-reactive ketones (excluding diaryl/α,β-unsaturated/α-hetero) is 1. The van der Waals surface area contributed by atoms with Crippen LogP contribution in [0.25, 0.3) is 6.08 Å². The van der Waals surface area contributed by atoms with Crippen LogP contribution >= 0.6 is 0 Å². The number of fused-ring (bicyclic) bond motifs is 3. The third-order valence-electron chi connectivity index (χ3n) is 4.92. The third kappa shape index (κ3) is 3.83. The van der Waals surface area contributed by atoms with Crippen molar-refractivity contribution in [3.05, 3.63) is 23.3 Å². The van der Waals surface area contributed by atoms with Crippen molar-refractivity contribution in [2.24, 2.45) is 0 Å². The van der Waals surface area contributed by atoms with Crippen molar-refractivity contribution in [2.45, 2.75) is 50.6 Å². The number of ketones is 1. The number of phenolic OH excluding ortho intramolecular Hbond substituents is 1. The summed E-state index contributed by atoms with van der Waals surface area (Å²) in [5, 5.41) is 20.6. The van der Waals surface area contributed by atoms with E-state index in [1.165, 1.54) is 20.3 Å². The number of aromatic hydroxyl groups is 1. The number of aliphatic hydroxyl groups excluding tert-OH is 1. The van der Waals surface area contributed by atoms with Crippen LogP contribution in [0.2, 0.25) is 0 Å².